The van der Waals surface area contributed by atoms with E-state index in [0.717, 1.165) is 28.7 Å². The van der Waals surface area contributed by atoms with Gasteiger partial charge in [0.05, 0.1) is 22.6 Å². The summed E-state index contributed by atoms with van der Waals surface area (Å²) in [5.41, 5.74) is 1.57. The molecule has 2 aromatic rings. The van der Waals surface area contributed by atoms with Gasteiger partial charge in [-0.1, -0.05) is 6.92 Å². The van der Waals surface area contributed by atoms with Crippen molar-refractivity contribution in [3.05, 3.63) is 34.3 Å². The van der Waals surface area contributed by atoms with Crippen LogP contribution >= 0.6 is 15.9 Å². The van der Waals surface area contributed by atoms with Gasteiger partial charge in [0.15, 0.2) is 0 Å². The molecule has 0 saturated carbocycles. The molecule has 104 valence electrons. The van der Waals surface area contributed by atoms with Crippen LogP contribution in [0.25, 0.3) is 0 Å². The zero-order valence-electron chi connectivity index (χ0n) is 11.4. The third-order valence-electron chi connectivity index (χ3n) is 2.99. The largest absolute Gasteiger partial charge is 0.382 e. The number of aliphatic hydroxyl groups is 1. The van der Waals surface area contributed by atoms with Crippen molar-refractivity contribution in [2.24, 2.45) is 0 Å². The summed E-state index contributed by atoms with van der Waals surface area (Å²) in [6.07, 6.45) is 5.57. The van der Waals surface area contributed by atoms with Crippen molar-refractivity contribution < 1.29 is 5.11 Å². The van der Waals surface area contributed by atoms with E-state index in [2.05, 4.69) is 46.9 Å². The fourth-order valence-corrected chi connectivity index (χ4v) is 2.48. The monoisotopic (exact) mass is 326 g/mol. The molecule has 0 aliphatic heterocycles. The molecule has 0 bridgehead atoms. The molecule has 19 heavy (non-hydrogen) atoms. The maximum absolute atomic E-state index is 10.5. The second-order valence-electron chi connectivity index (χ2n) is 4.85. The van der Waals surface area contributed by atoms with Crippen LogP contribution in [0.15, 0.2) is 23.1 Å². The number of nitrogens with zero attached hydrogens (tertiary/aromatic N) is 4. The first kappa shape index (κ1) is 14.3. The highest BCUT2D eigenvalue weighted by atomic mass is 79.9. The predicted molar refractivity (Wildman–Crippen MR) is 76.9 cm³/mol. The van der Waals surface area contributed by atoms with Gasteiger partial charge < -0.3 is 5.11 Å². The summed E-state index contributed by atoms with van der Waals surface area (Å²) in [5.74, 6) is 0. The summed E-state index contributed by atoms with van der Waals surface area (Å²) in [7, 11) is 0. The first-order valence-corrected chi connectivity index (χ1v) is 7.27. The second kappa shape index (κ2) is 5.88. The topological polar surface area (TPSA) is 55.9 Å². The third-order valence-corrected chi connectivity index (χ3v) is 3.60. The predicted octanol–water partition coefficient (Wildman–Crippen LogP) is 2.91. The van der Waals surface area contributed by atoms with E-state index < -0.39 is 6.10 Å². The van der Waals surface area contributed by atoms with Crippen molar-refractivity contribution in [2.75, 3.05) is 0 Å². The molecule has 0 radical (unpaired) electrons. The third kappa shape index (κ3) is 2.90. The molecule has 0 aromatic carbocycles. The Morgan fingerprint density at radius 1 is 1.32 bits per heavy atom. The van der Waals surface area contributed by atoms with Gasteiger partial charge in [-0.3, -0.25) is 9.36 Å². The summed E-state index contributed by atoms with van der Waals surface area (Å²) in [5, 5.41) is 19.1. The van der Waals surface area contributed by atoms with Gasteiger partial charge in [0.25, 0.3) is 0 Å². The van der Waals surface area contributed by atoms with Gasteiger partial charge in [-0.2, -0.15) is 10.2 Å². The van der Waals surface area contributed by atoms with Crippen molar-refractivity contribution >= 4 is 15.9 Å². The number of aryl methyl sites for hydroxylation is 1. The molecular weight excluding hydrogens is 308 g/mol. The fraction of sp³-hybridized carbons (Fsp3) is 0.538. The lowest BCUT2D eigenvalue weighted by molar-refractivity contribution is 0.206. The Balaban J connectivity index is 2.32. The first-order valence-electron chi connectivity index (χ1n) is 6.47. The lowest BCUT2D eigenvalue weighted by Gasteiger charge is -2.12. The van der Waals surface area contributed by atoms with E-state index >= 15 is 0 Å². The van der Waals surface area contributed by atoms with Gasteiger partial charge in [0.1, 0.15) is 6.10 Å². The van der Waals surface area contributed by atoms with Crippen LogP contribution in [0, 0.1) is 0 Å². The Morgan fingerprint density at radius 2 is 2.05 bits per heavy atom. The molecule has 0 spiro atoms. The number of hydrogen-bond acceptors (Lipinski definition) is 3. The number of rotatable bonds is 5. The van der Waals surface area contributed by atoms with E-state index in [1.165, 1.54) is 0 Å². The molecular formula is C13H19BrN4O. The standard InChI is InChI=1S/C13H19BrN4O/c1-4-5-17-12(11(14)7-16-17)13(19)10-6-15-18(8-10)9(2)3/h6-9,13,19H,4-5H2,1-3H3. The number of hydrogen-bond donors (Lipinski definition) is 1. The van der Waals surface area contributed by atoms with E-state index in [9.17, 15) is 5.11 Å². The van der Waals surface area contributed by atoms with E-state index in [1.807, 2.05) is 15.6 Å². The van der Waals surface area contributed by atoms with Crippen LogP contribution in [0.2, 0.25) is 0 Å². The lowest BCUT2D eigenvalue weighted by Crippen LogP contribution is -2.10. The van der Waals surface area contributed by atoms with Crippen molar-refractivity contribution in [1.82, 2.24) is 19.6 Å². The second-order valence-corrected chi connectivity index (χ2v) is 5.71. The van der Waals surface area contributed by atoms with Gasteiger partial charge in [0, 0.05) is 24.3 Å². The molecule has 0 saturated heterocycles. The average Bonchev–Trinajstić information content (AvgIpc) is 2.96. The van der Waals surface area contributed by atoms with Crippen molar-refractivity contribution in [3.63, 3.8) is 0 Å². The van der Waals surface area contributed by atoms with Gasteiger partial charge in [-0.15, -0.1) is 0 Å². The van der Waals surface area contributed by atoms with E-state index in [0.29, 0.717) is 0 Å². The molecule has 2 aromatic heterocycles. The maximum atomic E-state index is 10.5. The highest BCUT2D eigenvalue weighted by molar-refractivity contribution is 9.10. The molecule has 0 aliphatic carbocycles. The van der Waals surface area contributed by atoms with Crippen LogP contribution in [0.1, 0.15) is 50.6 Å². The zero-order valence-corrected chi connectivity index (χ0v) is 13.0. The van der Waals surface area contributed by atoms with Crippen molar-refractivity contribution in [1.29, 1.82) is 0 Å². The fourth-order valence-electron chi connectivity index (χ4n) is 1.97. The van der Waals surface area contributed by atoms with Crippen LogP contribution in [0.4, 0.5) is 0 Å². The summed E-state index contributed by atoms with van der Waals surface area (Å²) in [6, 6.07) is 0.282. The molecule has 6 heteroatoms. The smallest absolute Gasteiger partial charge is 0.125 e. The zero-order chi connectivity index (χ0) is 14.0. The first-order chi connectivity index (χ1) is 9.04. The molecule has 0 amide bonds. The van der Waals surface area contributed by atoms with Crippen LogP contribution in [0.5, 0.6) is 0 Å². The minimum atomic E-state index is -0.712. The Kier molecular flexibility index (Phi) is 4.42. The Bertz CT molecular complexity index is 547. The molecule has 0 aliphatic rings. The molecule has 1 N–H and O–H groups in total. The minimum Gasteiger partial charge on any atom is -0.382 e. The molecule has 1 unspecified atom stereocenters. The maximum Gasteiger partial charge on any atom is 0.125 e. The summed E-state index contributed by atoms with van der Waals surface area (Å²) in [6.45, 7) is 6.99. The molecule has 2 heterocycles. The van der Waals surface area contributed by atoms with Crippen molar-refractivity contribution in [2.45, 2.75) is 45.9 Å². The van der Waals surface area contributed by atoms with Crippen LogP contribution < -0.4 is 0 Å². The summed E-state index contributed by atoms with van der Waals surface area (Å²) < 4.78 is 4.50. The Morgan fingerprint density at radius 3 is 2.63 bits per heavy atom. The summed E-state index contributed by atoms with van der Waals surface area (Å²) in [4.78, 5) is 0. The quantitative estimate of drug-likeness (QED) is 0.919. The minimum absolute atomic E-state index is 0.282. The summed E-state index contributed by atoms with van der Waals surface area (Å²) >= 11 is 3.45. The average molecular weight is 327 g/mol. The van der Waals surface area contributed by atoms with Crippen LogP contribution in [-0.4, -0.2) is 24.7 Å². The molecule has 1 atom stereocenters. The van der Waals surface area contributed by atoms with E-state index in [-0.39, 0.29) is 6.04 Å². The number of aromatic nitrogens is 4. The molecule has 0 fully saturated rings. The number of aliphatic hydroxyl groups excluding tert-OH is 1. The Hall–Kier alpha value is -1.14. The molecule has 2 rings (SSSR count). The van der Waals surface area contributed by atoms with Gasteiger partial charge in [0.2, 0.25) is 0 Å². The van der Waals surface area contributed by atoms with Crippen LogP contribution in [-0.2, 0) is 6.54 Å². The van der Waals surface area contributed by atoms with E-state index in [1.54, 1.807) is 12.4 Å². The van der Waals surface area contributed by atoms with Gasteiger partial charge in [-0.05, 0) is 36.2 Å². The highest BCUT2D eigenvalue weighted by Gasteiger charge is 2.21. The van der Waals surface area contributed by atoms with Gasteiger partial charge >= 0.3 is 0 Å². The lowest BCUT2D eigenvalue weighted by atomic mass is 10.1. The van der Waals surface area contributed by atoms with Gasteiger partial charge in [-0.25, -0.2) is 0 Å². The van der Waals surface area contributed by atoms with Crippen LogP contribution in [0.3, 0.4) is 0 Å². The SMILES string of the molecule is CCCn1ncc(Br)c1C(O)c1cnn(C(C)C)c1. The molecule has 5 nitrogen and oxygen atoms in total. The normalized spacial score (nSPS) is 13.2. The van der Waals surface area contributed by atoms with E-state index in [4.69, 9.17) is 0 Å². The Labute approximate surface area is 121 Å². The van der Waals surface area contributed by atoms with Crippen molar-refractivity contribution in [3.8, 4) is 0 Å². The highest BCUT2D eigenvalue weighted by Crippen LogP contribution is 2.28. The number of halogens is 1.